The third-order valence-corrected chi connectivity index (χ3v) is 2.60. The summed E-state index contributed by atoms with van der Waals surface area (Å²) in [5, 5.41) is 31.7. The Kier molecular flexibility index (Phi) is 2.10. The van der Waals surface area contributed by atoms with E-state index in [1.807, 2.05) is 0 Å². The maximum atomic E-state index is 8.96. The average molecular weight is 238 g/mol. The van der Waals surface area contributed by atoms with Crippen molar-refractivity contribution in [3.05, 3.63) is 11.4 Å². The summed E-state index contributed by atoms with van der Waals surface area (Å²) in [5.74, 6) is 0.563. The Morgan fingerprint density at radius 3 is 1.65 bits per heavy atom. The Hall–Kier alpha value is -2.32. The average Bonchev–Trinajstić information content (AvgIpc) is 3.22. The van der Waals surface area contributed by atoms with Gasteiger partial charge in [-0.15, -0.1) is 0 Å². The van der Waals surface area contributed by atoms with E-state index in [1.54, 1.807) is 9.80 Å². The summed E-state index contributed by atoms with van der Waals surface area (Å²) in [4.78, 5) is 3.58. The predicted molar refractivity (Wildman–Crippen MR) is 54.1 cm³/mol. The van der Waals surface area contributed by atoms with E-state index in [1.165, 1.54) is 0 Å². The first-order valence-electron chi connectivity index (χ1n) is 5.12. The highest BCUT2D eigenvalue weighted by molar-refractivity contribution is 6.09. The molecule has 0 atom stereocenters. The van der Waals surface area contributed by atoms with Gasteiger partial charge in [0.15, 0.2) is 23.1 Å². The maximum absolute atomic E-state index is 8.96. The topological polar surface area (TPSA) is 110 Å². The molecule has 3 heterocycles. The molecule has 90 valence electrons. The van der Waals surface area contributed by atoms with E-state index >= 15 is 0 Å². The molecule has 2 fully saturated rings. The van der Waals surface area contributed by atoms with Crippen LogP contribution in [0.2, 0.25) is 0 Å². The standard InChI is InChI=1S/C8H10N6O3/c15-9-7(13-1-2-13)5-6(12-17-11-5)8(10-16)14-3-4-14/h15-16H,1-4H2/b9-7-,10-8-. The fraction of sp³-hybridized carbons (Fsp3) is 0.500. The predicted octanol–water partition coefficient (Wildman–Crippen LogP) is -1.03. The highest BCUT2D eigenvalue weighted by Crippen LogP contribution is 2.18. The van der Waals surface area contributed by atoms with Gasteiger partial charge < -0.3 is 20.2 Å². The zero-order chi connectivity index (χ0) is 11.8. The zero-order valence-electron chi connectivity index (χ0n) is 8.81. The number of nitrogens with zero attached hydrogens (tertiary/aromatic N) is 6. The van der Waals surface area contributed by atoms with Crippen molar-refractivity contribution >= 4 is 11.7 Å². The van der Waals surface area contributed by atoms with Gasteiger partial charge in [0, 0.05) is 26.2 Å². The molecule has 0 radical (unpaired) electrons. The fourth-order valence-corrected chi connectivity index (χ4v) is 1.53. The highest BCUT2D eigenvalue weighted by Gasteiger charge is 2.35. The lowest BCUT2D eigenvalue weighted by Gasteiger charge is -2.04. The molecule has 0 spiro atoms. The van der Waals surface area contributed by atoms with Crippen molar-refractivity contribution in [3.8, 4) is 0 Å². The van der Waals surface area contributed by atoms with Gasteiger partial charge in [0.2, 0.25) is 0 Å². The van der Waals surface area contributed by atoms with Crippen LogP contribution in [0.1, 0.15) is 11.4 Å². The first-order valence-corrected chi connectivity index (χ1v) is 5.12. The van der Waals surface area contributed by atoms with Crippen molar-refractivity contribution in [1.82, 2.24) is 20.1 Å². The molecule has 0 bridgehead atoms. The Labute approximate surface area is 95.6 Å². The second-order valence-corrected chi connectivity index (χ2v) is 3.78. The van der Waals surface area contributed by atoms with Crippen LogP contribution in [0.25, 0.3) is 0 Å². The van der Waals surface area contributed by atoms with Gasteiger partial charge in [0.1, 0.15) is 0 Å². The van der Waals surface area contributed by atoms with Gasteiger partial charge in [0.05, 0.1) is 0 Å². The lowest BCUT2D eigenvalue weighted by Crippen LogP contribution is -2.21. The first kappa shape index (κ1) is 9.87. The van der Waals surface area contributed by atoms with Crippen molar-refractivity contribution in [2.24, 2.45) is 10.3 Å². The number of oxime groups is 2. The van der Waals surface area contributed by atoms with E-state index in [0.29, 0.717) is 0 Å². The molecule has 2 N–H and O–H groups in total. The Bertz CT molecular complexity index is 445. The van der Waals surface area contributed by atoms with Crippen LogP contribution in [-0.4, -0.2) is 68.4 Å². The lowest BCUT2D eigenvalue weighted by molar-refractivity contribution is 0.298. The second kappa shape index (κ2) is 3.61. The van der Waals surface area contributed by atoms with Gasteiger partial charge in [-0.1, -0.05) is 10.3 Å². The van der Waals surface area contributed by atoms with E-state index in [-0.39, 0.29) is 23.1 Å². The number of hydrogen-bond donors (Lipinski definition) is 2. The molecule has 9 nitrogen and oxygen atoms in total. The Morgan fingerprint density at radius 1 is 0.941 bits per heavy atom. The summed E-state index contributed by atoms with van der Waals surface area (Å²) in [6.07, 6.45) is 0. The Morgan fingerprint density at radius 2 is 1.35 bits per heavy atom. The summed E-state index contributed by atoms with van der Waals surface area (Å²) in [6.45, 7) is 3.17. The number of rotatable bonds is 2. The van der Waals surface area contributed by atoms with Crippen LogP contribution < -0.4 is 0 Å². The van der Waals surface area contributed by atoms with Crippen LogP contribution in [0.5, 0.6) is 0 Å². The molecule has 2 aliphatic rings. The molecule has 0 unspecified atom stereocenters. The van der Waals surface area contributed by atoms with Crippen LogP contribution >= 0.6 is 0 Å². The maximum Gasteiger partial charge on any atom is 0.200 e. The fourth-order valence-electron chi connectivity index (χ4n) is 1.53. The van der Waals surface area contributed by atoms with E-state index < -0.39 is 0 Å². The van der Waals surface area contributed by atoms with Gasteiger partial charge in [-0.3, -0.25) is 0 Å². The molecule has 1 aromatic rings. The van der Waals surface area contributed by atoms with Crippen molar-refractivity contribution in [2.75, 3.05) is 26.2 Å². The summed E-state index contributed by atoms with van der Waals surface area (Å²) in [5.41, 5.74) is 0.564. The molecule has 0 saturated carbocycles. The largest absolute Gasteiger partial charge is 0.409 e. The zero-order valence-corrected chi connectivity index (χ0v) is 8.81. The third kappa shape index (κ3) is 1.65. The summed E-state index contributed by atoms with van der Waals surface area (Å²) >= 11 is 0. The number of aromatic nitrogens is 2. The van der Waals surface area contributed by atoms with Crippen molar-refractivity contribution in [1.29, 1.82) is 0 Å². The molecule has 0 amide bonds. The van der Waals surface area contributed by atoms with E-state index in [9.17, 15) is 0 Å². The molecular weight excluding hydrogens is 228 g/mol. The smallest absolute Gasteiger partial charge is 0.200 e. The van der Waals surface area contributed by atoms with Crippen LogP contribution in [0.3, 0.4) is 0 Å². The van der Waals surface area contributed by atoms with Gasteiger partial charge in [-0.05, 0) is 10.3 Å². The molecule has 0 aromatic carbocycles. The quantitative estimate of drug-likeness (QED) is 0.223. The van der Waals surface area contributed by atoms with Crippen LogP contribution in [0.15, 0.2) is 14.9 Å². The minimum Gasteiger partial charge on any atom is -0.409 e. The van der Waals surface area contributed by atoms with Gasteiger partial charge in [-0.2, -0.15) is 0 Å². The van der Waals surface area contributed by atoms with Gasteiger partial charge in [-0.25, -0.2) is 4.63 Å². The van der Waals surface area contributed by atoms with Crippen LogP contribution in [0, 0.1) is 0 Å². The summed E-state index contributed by atoms with van der Waals surface area (Å²) in [6, 6.07) is 0. The van der Waals surface area contributed by atoms with Crippen molar-refractivity contribution in [3.63, 3.8) is 0 Å². The van der Waals surface area contributed by atoms with Crippen LogP contribution in [0.4, 0.5) is 0 Å². The third-order valence-electron chi connectivity index (χ3n) is 2.60. The molecular formula is C8H10N6O3. The molecule has 2 aliphatic heterocycles. The van der Waals surface area contributed by atoms with Gasteiger partial charge in [0.25, 0.3) is 0 Å². The van der Waals surface area contributed by atoms with Crippen molar-refractivity contribution < 1.29 is 15.0 Å². The molecule has 9 heteroatoms. The summed E-state index contributed by atoms with van der Waals surface area (Å²) < 4.78 is 4.63. The Balaban J connectivity index is 1.97. The van der Waals surface area contributed by atoms with Gasteiger partial charge >= 0.3 is 0 Å². The van der Waals surface area contributed by atoms with Crippen LogP contribution in [-0.2, 0) is 0 Å². The number of hydrogen-bond acceptors (Lipinski definition) is 7. The van der Waals surface area contributed by atoms with E-state index in [4.69, 9.17) is 10.4 Å². The molecule has 3 rings (SSSR count). The first-order chi connectivity index (χ1) is 8.35. The molecule has 0 aliphatic carbocycles. The van der Waals surface area contributed by atoms with E-state index in [0.717, 1.165) is 26.2 Å². The number of amidine groups is 2. The minimum absolute atomic E-state index is 0.282. The molecule has 1 aromatic heterocycles. The lowest BCUT2D eigenvalue weighted by atomic mass is 10.2. The summed E-state index contributed by atoms with van der Waals surface area (Å²) in [7, 11) is 0. The van der Waals surface area contributed by atoms with E-state index in [2.05, 4.69) is 25.3 Å². The minimum atomic E-state index is 0.282. The highest BCUT2D eigenvalue weighted by atomic mass is 16.6. The molecule has 17 heavy (non-hydrogen) atoms. The van der Waals surface area contributed by atoms with Crippen molar-refractivity contribution in [2.45, 2.75) is 0 Å². The molecule has 2 saturated heterocycles. The monoisotopic (exact) mass is 238 g/mol. The normalized spacial score (nSPS) is 19.8. The second-order valence-electron chi connectivity index (χ2n) is 3.78. The SMILES string of the molecule is O/N=C(/c1nonc1/C(=N/O)N1CC1)N1CC1.